The first kappa shape index (κ1) is 13.9. The van der Waals surface area contributed by atoms with Gasteiger partial charge in [-0.25, -0.2) is 0 Å². The Labute approximate surface area is 122 Å². The van der Waals surface area contributed by atoms with Crippen molar-refractivity contribution in [3.05, 3.63) is 45.7 Å². The maximum atomic E-state index is 8.99. The van der Waals surface area contributed by atoms with Crippen LogP contribution in [0.1, 0.15) is 22.5 Å². The Morgan fingerprint density at radius 2 is 2.00 bits per heavy atom. The molecule has 0 fully saturated rings. The molecule has 2 rings (SSSR count). The van der Waals surface area contributed by atoms with Crippen LogP contribution in [-0.2, 0) is 13.6 Å². The minimum atomic E-state index is 0.352. The lowest BCUT2D eigenvalue weighted by atomic mass is 10.1. The molecule has 1 heterocycles. The van der Waals surface area contributed by atoms with Crippen LogP contribution in [0.3, 0.4) is 0 Å². The molecule has 1 aromatic heterocycles. The fourth-order valence-corrected chi connectivity index (χ4v) is 2.13. The van der Waals surface area contributed by atoms with Gasteiger partial charge in [-0.15, -0.1) is 0 Å². The molecule has 0 radical (unpaired) electrons. The van der Waals surface area contributed by atoms with Crippen LogP contribution in [0, 0.1) is 29.6 Å². The lowest BCUT2D eigenvalue weighted by molar-refractivity contribution is 0.713. The highest BCUT2D eigenvalue weighted by atomic mass is 35.5. The third-order valence-corrected chi connectivity index (χ3v) is 3.47. The van der Waals surface area contributed by atoms with Gasteiger partial charge in [0.1, 0.15) is 12.1 Å². The third kappa shape index (κ3) is 2.59. The molecule has 0 aliphatic heterocycles. The maximum absolute atomic E-state index is 8.99. The van der Waals surface area contributed by atoms with E-state index in [0.29, 0.717) is 22.7 Å². The van der Waals surface area contributed by atoms with Crippen LogP contribution in [0.25, 0.3) is 0 Å². The predicted molar refractivity (Wildman–Crippen MR) is 76.2 cm³/mol. The van der Waals surface area contributed by atoms with Gasteiger partial charge in [0.25, 0.3) is 0 Å². The van der Waals surface area contributed by atoms with Gasteiger partial charge in [-0.05, 0) is 25.1 Å². The number of aryl methyl sites for hydroxylation is 2. The van der Waals surface area contributed by atoms with E-state index in [0.717, 1.165) is 17.1 Å². The average Bonchev–Trinajstić information content (AvgIpc) is 2.70. The number of benzene rings is 1. The summed E-state index contributed by atoms with van der Waals surface area (Å²) in [6.07, 6.45) is 0. The topological polar surface area (TPSA) is 77.4 Å². The molecule has 5 nitrogen and oxygen atoms in total. The number of rotatable bonds is 3. The molecule has 100 valence electrons. The van der Waals surface area contributed by atoms with Crippen LogP contribution in [0.4, 0.5) is 5.69 Å². The Balaban J connectivity index is 2.20. The molecule has 0 saturated carbocycles. The van der Waals surface area contributed by atoms with Crippen molar-refractivity contribution in [2.75, 3.05) is 5.32 Å². The van der Waals surface area contributed by atoms with E-state index < -0.39 is 0 Å². The van der Waals surface area contributed by atoms with Gasteiger partial charge in [0.15, 0.2) is 0 Å². The van der Waals surface area contributed by atoms with E-state index in [-0.39, 0.29) is 0 Å². The summed E-state index contributed by atoms with van der Waals surface area (Å²) in [6, 6.07) is 9.02. The van der Waals surface area contributed by atoms with E-state index in [1.807, 2.05) is 26.1 Å². The first-order chi connectivity index (χ1) is 9.56. The van der Waals surface area contributed by atoms with Crippen LogP contribution < -0.4 is 5.32 Å². The lowest BCUT2D eigenvalue weighted by Crippen LogP contribution is -2.06. The second-order valence-corrected chi connectivity index (χ2v) is 4.69. The van der Waals surface area contributed by atoms with Gasteiger partial charge in [0, 0.05) is 12.7 Å². The van der Waals surface area contributed by atoms with Crippen molar-refractivity contribution in [1.82, 2.24) is 9.78 Å². The molecule has 0 bridgehead atoms. The van der Waals surface area contributed by atoms with Crippen molar-refractivity contribution in [2.24, 2.45) is 7.05 Å². The number of nitriles is 2. The van der Waals surface area contributed by atoms with Crippen LogP contribution in [0.5, 0.6) is 0 Å². The molecular weight excluding hydrogens is 274 g/mol. The zero-order chi connectivity index (χ0) is 14.7. The van der Waals surface area contributed by atoms with Crippen molar-refractivity contribution >= 4 is 17.3 Å². The number of nitrogens with one attached hydrogen (secondary N) is 1. The van der Waals surface area contributed by atoms with Gasteiger partial charge in [0.2, 0.25) is 0 Å². The van der Waals surface area contributed by atoms with Gasteiger partial charge >= 0.3 is 0 Å². The summed E-state index contributed by atoms with van der Waals surface area (Å²) in [5.41, 5.74) is 3.13. The lowest BCUT2D eigenvalue weighted by Gasteiger charge is -2.08. The quantitative estimate of drug-likeness (QED) is 0.940. The highest BCUT2D eigenvalue weighted by Gasteiger charge is 2.11. The number of halogens is 1. The van der Waals surface area contributed by atoms with Gasteiger partial charge < -0.3 is 5.32 Å². The highest BCUT2D eigenvalue weighted by Crippen LogP contribution is 2.21. The molecule has 2 aromatic rings. The van der Waals surface area contributed by atoms with Crippen LogP contribution in [0.15, 0.2) is 18.2 Å². The number of hydrogen-bond donors (Lipinski definition) is 1. The number of nitrogens with zero attached hydrogens (tertiary/aromatic N) is 4. The Morgan fingerprint density at radius 3 is 2.55 bits per heavy atom. The second kappa shape index (κ2) is 5.64. The monoisotopic (exact) mass is 285 g/mol. The molecule has 20 heavy (non-hydrogen) atoms. The molecule has 1 N–H and O–H groups in total. The van der Waals surface area contributed by atoms with E-state index in [2.05, 4.69) is 10.4 Å². The van der Waals surface area contributed by atoms with Crippen LogP contribution in [-0.4, -0.2) is 9.78 Å². The minimum absolute atomic E-state index is 0.352. The van der Waals surface area contributed by atoms with E-state index in [9.17, 15) is 0 Å². The highest BCUT2D eigenvalue weighted by molar-refractivity contribution is 6.31. The van der Waals surface area contributed by atoms with E-state index in [4.69, 9.17) is 22.1 Å². The molecule has 0 aliphatic carbocycles. The predicted octanol–water partition coefficient (Wildman–Crippen LogP) is 2.74. The first-order valence-corrected chi connectivity index (χ1v) is 6.30. The third-order valence-electron chi connectivity index (χ3n) is 2.98. The molecule has 0 amide bonds. The van der Waals surface area contributed by atoms with E-state index >= 15 is 0 Å². The molecule has 0 unspecified atom stereocenters. The summed E-state index contributed by atoms with van der Waals surface area (Å²) < 4.78 is 1.72. The second-order valence-electron chi connectivity index (χ2n) is 4.31. The summed E-state index contributed by atoms with van der Waals surface area (Å²) in [5, 5.41) is 25.9. The molecule has 1 aromatic carbocycles. The van der Waals surface area contributed by atoms with Crippen molar-refractivity contribution in [3.63, 3.8) is 0 Å². The fraction of sp³-hybridized carbons (Fsp3) is 0.214. The molecule has 0 saturated heterocycles. The van der Waals surface area contributed by atoms with Gasteiger partial charge in [-0.2, -0.15) is 15.6 Å². The minimum Gasteiger partial charge on any atom is -0.379 e. The molecule has 0 spiro atoms. The fourth-order valence-electron chi connectivity index (χ4n) is 1.90. The van der Waals surface area contributed by atoms with Crippen molar-refractivity contribution < 1.29 is 0 Å². The Hall–Kier alpha value is -2.50. The molecule has 0 aliphatic rings. The summed E-state index contributed by atoms with van der Waals surface area (Å²) in [6.45, 7) is 2.34. The van der Waals surface area contributed by atoms with Gasteiger partial charge in [-0.3, -0.25) is 4.68 Å². The van der Waals surface area contributed by atoms with Gasteiger partial charge in [-0.1, -0.05) is 11.6 Å². The Kier molecular flexibility index (Phi) is 3.93. The van der Waals surface area contributed by atoms with E-state index in [1.54, 1.807) is 22.9 Å². The normalized spacial score (nSPS) is 9.85. The zero-order valence-electron chi connectivity index (χ0n) is 11.1. The standard InChI is InChI=1S/C14H12ClN5/c1-9-14(15)13(20(2)19-9)8-18-12-4-3-10(6-16)11(5-12)7-17/h3-5,18H,8H2,1-2H3. The van der Waals surface area contributed by atoms with Crippen molar-refractivity contribution in [1.29, 1.82) is 10.5 Å². The number of aromatic nitrogens is 2. The molecular formula is C14H12ClN5. The first-order valence-electron chi connectivity index (χ1n) is 5.93. The molecule has 0 atom stereocenters. The smallest absolute Gasteiger partial charge is 0.101 e. The number of hydrogen-bond acceptors (Lipinski definition) is 4. The van der Waals surface area contributed by atoms with Crippen LogP contribution >= 0.6 is 11.6 Å². The van der Waals surface area contributed by atoms with Gasteiger partial charge in [0.05, 0.1) is 34.1 Å². The largest absolute Gasteiger partial charge is 0.379 e. The maximum Gasteiger partial charge on any atom is 0.101 e. The SMILES string of the molecule is Cc1nn(C)c(CNc2ccc(C#N)c(C#N)c2)c1Cl. The Bertz CT molecular complexity index is 733. The summed E-state index contributed by atoms with van der Waals surface area (Å²) in [5.74, 6) is 0. The summed E-state index contributed by atoms with van der Waals surface area (Å²) in [7, 11) is 1.83. The van der Waals surface area contributed by atoms with E-state index in [1.165, 1.54) is 0 Å². The average molecular weight is 286 g/mol. The summed E-state index contributed by atoms with van der Waals surface area (Å²) in [4.78, 5) is 0. The molecule has 6 heteroatoms. The van der Waals surface area contributed by atoms with Crippen molar-refractivity contribution in [2.45, 2.75) is 13.5 Å². The Morgan fingerprint density at radius 1 is 1.30 bits per heavy atom. The summed E-state index contributed by atoms with van der Waals surface area (Å²) >= 11 is 6.17. The zero-order valence-corrected chi connectivity index (χ0v) is 11.9. The number of anilines is 1. The van der Waals surface area contributed by atoms with Crippen LogP contribution in [0.2, 0.25) is 5.02 Å². The van der Waals surface area contributed by atoms with Crippen molar-refractivity contribution in [3.8, 4) is 12.1 Å².